The van der Waals surface area contributed by atoms with Crippen molar-refractivity contribution in [2.75, 3.05) is 0 Å². The van der Waals surface area contributed by atoms with Crippen LogP contribution in [0.5, 0.6) is 0 Å². The minimum Gasteiger partial charge on any atom is -0.478 e. The van der Waals surface area contributed by atoms with Gasteiger partial charge < -0.3 is 9.52 Å². The van der Waals surface area contributed by atoms with Crippen LogP contribution in [0.15, 0.2) is 10.7 Å². The Balaban J connectivity index is 2.40. The van der Waals surface area contributed by atoms with E-state index in [1.54, 1.807) is 0 Å². The summed E-state index contributed by atoms with van der Waals surface area (Å²) in [6.07, 6.45) is -4.89. The highest BCUT2D eigenvalue weighted by Crippen LogP contribution is 2.38. The molecule has 1 aromatic heterocycles. The standard InChI is InChI=1S/C10H7F3O4/c11-10(12,13)4-1-6(14)8-5(9(15)16)3-17-7(8)2-4/h3-4H,1-2H2,(H,15,16). The van der Waals surface area contributed by atoms with Crippen LogP contribution >= 0.6 is 0 Å². The number of rotatable bonds is 1. The van der Waals surface area contributed by atoms with Gasteiger partial charge in [-0.3, -0.25) is 4.79 Å². The summed E-state index contributed by atoms with van der Waals surface area (Å²) in [6, 6.07) is 0. The van der Waals surface area contributed by atoms with Gasteiger partial charge in [0, 0.05) is 12.8 Å². The van der Waals surface area contributed by atoms with Crippen molar-refractivity contribution in [3.05, 3.63) is 23.2 Å². The highest BCUT2D eigenvalue weighted by molar-refractivity contribution is 6.07. The first-order chi connectivity index (χ1) is 7.80. The molecule has 0 saturated heterocycles. The fourth-order valence-corrected chi connectivity index (χ4v) is 1.86. The van der Waals surface area contributed by atoms with Gasteiger partial charge in [0.1, 0.15) is 17.6 Å². The Morgan fingerprint density at radius 3 is 2.59 bits per heavy atom. The Labute approximate surface area is 93.0 Å². The van der Waals surface area contributed by atoms with Gasteiger partial charge in [0.2, 0.25) is 0 Å². The minimum atomic E-state index is -4.48. The third kappa shape index (κ3) is 1.92. The van der Waals surface area contributed by atoms with Gasteiger partial charge in [-0.25, -0.2) is 4.79 Å². The van der Waals surface area contributed by atoms with E-state index in [1.165, 1.54) is 0 Å². The zero-order valence-corrected chi connectivity index (χ0v) is 8.37. The number of ketones is 1. The number of halogens is 3. The number of Topliss-reactive ketones (excluding diaryl/α,β-unsaturated/α-hetero) is 1. The molecule has 0 radical (unpaired) electrons. The molecule has 1 heterocycles. The van der Waals surface area contributed by atoms with Gasteiger partial charge >= 0.3 is 12.1 Å². The summed E-state index contributed by atoms with van der Waals surface area (Å²) < 4.78 is 42.1. The lowest BCUT2D eigenvalue weighted by molar-refractivity contribution is -0.174. The zero-order chi connectivity index (χ0) is 12.8. The molecule has 17 heavy (non-hydrogen) atoms. The predicted molar refractivity (Wildman–Crippen MR) is 47.9 cm³/mol. The van der Waals surface area contributed by atoms with E-state index >= 15 is 0 Å². The molecule has 0 amide bonds. The van der Waals surface area contributed by atoms with E-state index in [2.05, 4.69) is 0 Å². The summed E-state index contributed by atoms with van der Waals surface area (Å²) in [5, 5.41) is 8.74. The molecule has 0 bridgehead atoms. The molecule has 7 heteroatoms. The van der Waals surface area contributed by atoms with Crippen molar-refractivity contribution in [3.63, 3.8) is 0 Å². The summed E-state index contributed by atoms with van der Waals surface area (Å²) in [4.78, 5) is 22.2. The largest absolute Gasteiger partial charge is 0.478 e. The first-order valence-electron chi connectivity index (χ1n) is 4.74. The maximum atomic E-state index is 12.5. The number of aromatic carboxylic acids is 1. The summed E-state index contributed by atoms with van der Waals surface area (Å²) in [6.45, 7) is 0. The van der Waals surface area contributed by atoms with Crippen molar-refractivity contribution in [2.24, 2.45) is 5.92 Å². The summed E-state index contributed by atoms with van der Waals surface area (Å²) in [7, 11) is 0. The van der Waals surface area contributed by atoms with Crippen LogP contribution in [0.2, 0.25) is 0 Å². The topological polar surface area (TPSA) is 67.5 Å². The first-order valence-corrected chi connectivity index (χ1v) is 4.74. The second-order valence-corrected chi connectivity index (χ2v) is 3.82. The second kappa shape index (κ2) is 3.61. The number of fused-ring (bicyclic) bond motifs is 1. The van der Waals surface area contributed by atoms with Crippen LogP contribution in [0.4, 0.5) is 13.2 Å². The van der Waals surface area contributed by atoms with Crippen LogP contribution in [0.1, 0.15) is 32.9 Å². The molecule has 1 N–H and O–H groups in total. The van der Waals surface area contributed by atoms with Crippen LogP contribution < -0.4 is 0 Å². The number of carbonyl (C=O) groups excluding carboxylic acids is 1. The van der Waals surface area contributed by atoms with Crippen molar-refractivity contribution in [1.29, 1.82) is 0 Å². The normalized spacial score (nSPS) is 20.2. The van der Waals surface area contributed by atoms with Crippen molar-refractivity contribution in [1.82, 2.24) is 0 Å². The van der Waals surface area contributed by atoms with Gasteiger partial charge in [0.15, 0.2) is 5.78 Å². The highest BCUT2D eigenvalue weighted by atomic mass is 19.4. The number of hydrogen-bond acceptors (Lipinski definition) is 3. The van der Waals surface area contributed by atoms with Crippen LogP contribution in [0, 0.1) is 5.92 Å². The van der Waals surface area contributed by atoms with Gasteiger partial charge in [-0.2, -0.15) is 13.2 Å². The number of carboxylic acids is 1. The molecule has 2 rings (SSSR count). The third-order valence-corrected chi connectivity index (χ3v) is 2.70. The molecule has 1 unspecified atom stereocenters. The van der Waals surface area contributed by atoms with Gasteiger partial charge in [-0.15, -0.1) is 0 Å². The van der Waals surface area contributed by atoms with E-state index in [-0.39, 0.29) is 16.9 Å². The Kier molecular flexibility index (Phi) is 2.48. The Hall–Kier alpha value is -1.79. The highest BCUT2D eigenvalue weighted by Gasteiger charge is 2.46. The SMILES string of the molecule is O=C(O)c1coc2c1C(=O)CC(C(F)(F)F)C2. The van der Waals surface area contributed by atoms with Crippen molar-refractivity contribution in [2.45, 2.75) is 19.0 Å². The number of hydrogen-bond donors (Lipinski definition) is 1. The lowest BCUT2D eigenvalue weighted by Crippen LogP contribution is -2.31. The Bertz CT molecular complexity index is 486. The molecule has 0 saturated carbocycles. The van der Waals surface area contributed by atoms with Crippen molar-refractivity contribution < 1.29 is 32.3 Å². The molecule has 1 atom stereocenters. The summed E-state index contributed by atoms with van der Waals surface area (Å²) in [5.74, 6) is -4.20. The summed E-state index contributed by atoms with van der Waals surface area (Å²) >= 11 is 0. The van der Waals surface area contributed by atoms with Crippen molar-refractivity contribution in [3.8, 4) is 0 Å². The predicted octanol–water partition coefficient (Wildman–Crippen LogP) is 2.29. The third-order valence-electron chi connectivity index (χ3n) is 2.70. The lowest BCUT2D eigenvalue weighted by Gasteiger charge is -2.22. The molecule has 0 fully saturated rings. The van der Waals surface area contributed by atoms with E-state index in [0.717, 1.165) is 6.26 Å². The van der Waals surface area contributed by atoms with E-state index in [0.29, 0.717) is 0 Å². The van der Waals surface area contributed by atoms with Crippen LogP contribution in [-0.4, -0.2) is 23.0 Å². The van der Waals surface area contributed by atoms with E-state index in [4.69, 9.17) is 9.52 Å². The fraction of sp³-hybridized carbons (Fsp3) is 0.400. The molecular weight excluding hydrogens is 241 g/mol. The Morgan fingerprint density at radius 2 is 2.06 bits per heavy atom. The number of carbonyl (C=O) groups is 2. The number of alkyl halides is 3. The van der Waals surface area contributed by atoms with Gasteiger partial charge in [-0.05, 0) is 0 Å². The van der Waals surface area contributed by atoms with Crippen LogP contribution in [-0.2, 0) is 6.42 Å². The second-order valence-electron chi connectivity index (χ2n) is 3.82. The van der Waals surface area contributed by atoms with E-state index in [9.17, 15) is 22.8 Å². The smallest absolute Gasteiger partial charge is 0.392 e. The van der Waals surface area contributed by atoms with Gasteiger partial charge in [0.05, 0.1) is 11.5 Å². The summed E-state index contributed by atoms with van der Waals surface area (Å²) in [5.41, 5.74) is -0.594. The fourth-order valence-electron chi connectivity index (χ4n) is 1.86. The lowest BCUT2D eigenvalue weighted by atomic mass is 9.85. The number of carboxylic acid groups (broad SMARTS) is 1. The molecule has 0 aliphatic heterocycles. The molecule has 1 aliphatic carbocycles. The Morgan fingerprint density at radius 1 is 1.41 bits per heavy atom. The average molecular weight is 248 g/mol. The molecule has 0 aromatic carbocycles. The van der Waals surface area contributed by atoms with Crippen LogP contribution in [0.3, 0.4) is 0 Å². The van der Waals surface area contributed by atoms with Gasteiger partial charge in [-0.1, -0.05) is 0 Å². The van der Waals surface area contributed by atoms with Gasteiger partial charge in [0.25, 0.3) is 0 Å². The molecule has 1 aliphatic rings. The molecule has 92 valence electrons. The molecule has 0 spiro atoms. The monoisotopic (exact) mass is 248 g/mol. The molecular formula is C10H7F3O4. The maximum absolute atomic E-state index is 12.5. The number of furan rings is 1. The minimum absolute atomic E-state index is 0.194. The molecule has 4 nitrogen and oxygen atoms in total. The van der Waals surface area contributed by atoms with E-state index < -0.39 is 36.7 Å². The maximum Gasteiger partial charge on any atom is 0.392 e. The average Bonchev–Trinajstić information content (AvgIpc) is 2.60. The van der Waals surface area contributed by atoms with Crippen LogP contribution in [0.25, 0.3) is 0 Å². The van der Waals surface area contributed by atoms with Crippen molar-refractivity contribution >= 4 is 11.8 Å². The van der Waals surface area contributed by atoms with E-state index in [1.807, 2.05) is 0 Å². The quantitative estimate of drug-likeness (QED) is 0.827. The first kappa shape index (κ1) is 11.7. The zero-order valence-electron chi connectivity index (χ0n) is 8.37. The molecule has 1 aromatic rings.